The van der Waals surface area contributed by atoms with Gasteiger partial charge in [0.2, 0.25) is 5.84 Å². The molecule has 0 aliphatic carbocycles. The Labute approximate surface area is 66.6 Å². The molecule has 0 aromatic heterocycles. The second-order valence-electron chi connectivity index (χ2n) is 2.95. The van der Waals surface area contributed by atoms with Gasteiger partial charge < -0.3 is 5.32 Å². The summed E-state index contributed by atoms with van der Waals surface area (Å²) in [5.41, 5.74) is 1.36. The van der Waals surface area contributed by atoms with E-state index in [1.807, 2.05) is 0 Å². The predicted octanol–water partition coefficient (Wildman–Crippen LogP) is -1.66. The Kier molecular flexibility index (Phi) is 1.79. The van der Waals surface area contributed by atoms with E-state index >= 15 is 0 Å². The van der Waals surface area contributed by atoms with Gasteiger partial charge >= 0.3 is 0 Å². The van der Waals surface area contributed by atoms with Crippen LogP contribution in [0.5, 0.6) is 0 Å². The van der Waals surface area contributed by atoms with Gasteiger partial charge in [-0.3, -0.25) is 10.3 Å². The van der Waals surface area contributed by atoms with Gasteiger partial charge in [0.25, 0.3) is 0 Å². The van der Waals surface area contributed by atoms with E-state index in [0.29, 0.717) is 0 Å². The van der Waals surface area contributed by atoms with Crippen LogP contribution in [0.4, 0.5) is 0 Å². The van der Waals surface area contributed by atoms with Crippen LogP contribution in [0.25, 0.3) is 0 Å². The summed E-state index contributed by atoms with van der Waals surface area (Å²) >= 11 is 0. The third-order valence-electron chi connectivity index (χ3n) is 2.06. The summed E-state index contributed by atoms with van der Waals surface area (Å²) in [5, 5.41) is 6.65. The number of rotatable bonds is 2. The van der Waals surface area contributed by atoms with Gasteiger partial charge in [0, 0.05) is 12.2 Å². The molecule has 0 amide bonds. The lowest BCUT2D eigenvalue weighted by atomic mass is 10.3. The first-order chi connectivity index (χ1) is 5.45. The second kappa shape index (κ2) is 2.95. The van der Waals surface area contributed by atoms with E-state index in [0.717, 1.165) is 26.1 Å². The van der Waals surface area contributed by atoms with Crippen LogP contribution >= 0.6 is 0 Å². The molecule has 0 spiro atoms. The predicted molar refractivity (Wildman–Crippen MR) is 44.2 cm³/mol. The Balaban J connectivity index is 1.89. The third kappa shape index (κ3) is 1.53. The molecule has 0 unspecified atom stereocenters. The minimum absolute atomic E-state index is 1.03. The van der Waals surface area contributed by atoms with E-state index in [-0.39, 0.29) is 0 Å². The highest BCUT2D eigenvalue weighted by molar-refractivity contribution is 5.79. The topological polar surface area (TPSA) is 38.0 Å². The van der Waals surface area contributed by atoms with Crippen molar-refractivity contribution in [1.29, 1.82) is 0 Å². The lowest BCUT2D eigenvalue weighted by molar-refractivity contribution is -0.445. The third-order valence-corrected chi connectivity index (χ3v) is 2.06. The summed E-state index contributed by atoms with van der Waals surface area (Å²) < 4.78 is 0. The SMILES string of the molecule is C1=C(CC2=[NH+]CCN2)NCC1. The summed E-state index contributed by atoms with van der Waals surface area (Å²) in [6.45, 7) is 3.26. The summed E-state index contributed by atoms with van der Waals surface area (Å²) in [5.74, 6) is 1.27. The molecule has 60 valence electrons. The zero-order chi connectivity index (χ0) is 7.52. The molecule has 2 heterocycles. The summed E-state index contributed by atoms with van der Waals surface area (Å²) in [6.07, 6.45) is 4.48. The number of nitrogens with one attached hydrogen (secondary N) is 3. The van der Waals surface area contributed by atoms with E-state index in [2.05, 4.69) is 21.7 Å². The van der Waals surface area contributed by atoms with Crippen molar-refractivity contribution in [3.05, 3.63) is 11.8 Å². The van der Waals surface area contributed by atoms with Gasteiger partial charge in [0.05, 0.1) is 6.42 Å². The van der Waals surface area contributed by atoms with Gasteiger partial charge in [0.15, 0.2) is 0 Å². The molecule has 0 aromatic rings. The van der Waals surface area contributed by atoms with E-state index in [1.165, 1.54) is 18.0 Å². The monoisotopic (exact) mass is 152 g/mol. The molecule has 2 rings (SSSR count). The highest BCUT2D eigenvalue weighted by Crippen LogP contribution is 2.04. The van der Waals surface area contributed by atoms with Crippen LogP contribution in [0.15, 0.2) is 11.8 Å². The Bertz CT molecular complexity index is 183. The van der Waals surface area contributed by atoms with Crippen molar-refractivity contribution >= 4 is 5.84 Å². The normalized spacial score (nSPS) is 22.2. The maximum atomic E-state index is 3.34. The van der Waals surface area contributed by atoms with Gasteiger partial charge in [-0.15, -0.1) is 0 Å². The van der Waals surface area contributed by atoms with Crippen LogP contribution in [-0.4, -0.2) is 25.5 Å². The second-order valence-corrected chi connectivity index (χ2v) is 2.95. The van der Waals surface area contributed by atoms with Crippen molar-refractivity contribution < 1.29 is 4.99 Å². The molecule has 3 N–H and O–H groups in total. The zero-order valence-corrected chi connectivity index (χ0v) is 6.61. The van der Waals surface area contributed by atoms with Crippen LogP contribution < -0.4 is 15.6 Å². The fourth-order valence-corrected chi connectivity index (χ4v) is 1.49. The molecule has 0 atom stereocenters. The highest BCUT2D eigenvalue weighted by atomic mass is 15.1. The molecule has 2 aliphatic heterocycles. The fourth-order valence-electron chi connectivity index (χ4n) is 1.49. The molecule has 0 saturated carbocycles. The van der Waals surface area contributed by atoms with Crippen molar-refractivity contribution in [3.63, 3.8) is 0 Å². The summed E-state index contributed by atoms with van der Waals surface area (Å²) in [7, 11) is 0. The van der Waals surface area contributed by atoms with Crippen LogP contribution in [0.2, 0.25) is 0 Å². The molecule has 0 bridgehead atoms. The Morgan fingerprint density at radius 1 is 1.36 bits per heavy atom. The quantitative estimate of drug-likeness (QED) is 0.443. The molecular weight excluding hydrogens is 138 g/mol. The highest BCUT2D eigenvalue weighted by Gasteiger charge is 2.15. The van der Waals surface area contributed by atoms with Gasteiger partial charge in [-0.1, -0.05) is 6.08 Å². The van der Waals surface area contributed by atoms with Gasteiger partial charge in [-0.05, 0) is 6.42 Å². The standard InChI is InChI=1S/C8H13N3/c1-2-7(9-3-1)6-8-10-4-5-11-8/h2,9H,1,3-6H2,(H,10,11)/p+1. The van der Waals surface area contributed by atoms with Gasteiger partial charge in [-0.2, -0.15) is 0 Å². The molecular formula is C8H14N3+. The average molecular weight is 152 g/mol. The van der Waals surface area contributed by atoms with E-state index in [9.17, 15) is 0 Å². The fraction of sp³-hybridized carbons (Fsp3) is 0.625. The van der Waals surface area contributed by atoms with E-state index < -0.39 is 0 Å². The van der Waals surface area contributed by atoms with Crippen LogP contribution in [0, 0.1) is 0 Å². The molecule has 0 saturated heterocycles. The maximum Gasteiger partial charge on any atom is 0.248 e. The average Bonchev–Trinajstić information content (AvgIpc) is 2.60. The van der Waals surface area contributed by atoms with Crippen molar-refractivity contribution in [3.8, 4) is 0 Å². The van der Waals surface area contributed by atoms with Crippen molar-refractivity contribution in [2.24, 2.45) is 0 Å². The molecule has 0 radical (unpaired) electrons. The minimum Gasteiger partial charge on any atom is -0.388 e. The van der Waals surface area contributed by atoms with Crippen molar-refractivity contribution in [1.82, 2.24) is 10.6 Å². The van der Waals surface area contributed by atoms with Crippen LogP contribution in [0.3, 0.4) is 0 Å². The molecule has 2 aliphatic rings. The molecule has 3 nitrogen and oxygen atoms in total. The summed E-state index contributed by atoms with van der Waals surface area (Å²) in [4.78, 5) is 3.31. The molecule has 11 heavy (non-hydrogen) atoms. The molecule has 0 fully saturated rings. The Morgan fingerprint density at radius 2 is 2.36 bits per heavy atom. The summed E-state index contributed by atoms with van der Waals surface area (Å²) in [6, 6.07) is 0. The van der Waals surface area contributed by atoms with Crippen LogP contribution in [-0.2, 0) is 0 Å². The first-order valence-corrected chi connectivity index (χ1v) is 4.21. The smallest absolute Gasteiger partial charge is 0.248 e. The zero-order valence-electron chi connectivity index (χ0n) is 6.61. The van der Waals surface area contributed by atoms with Crippen molar-refractivity contribution in [2.75, 3.05) is 19.6 Å². The Hall–Kier alpha value is -0.990. The van der Waals surface area contributed by atoms with Gasteiger partial charge in [-0.25, -0.2) is 0 Å². The molecule has 3 heteroatoms. The first-order valence-electron chi connectivity index (χ1n) is 4.21. The van der Waals surface area contributed by atoms with E-state index in [1.54, 1.807) is 0 Å². The van der Waals surface area contributed by atoms with Crippen molar-refractivity contribution in [2.45, 2.75) is 12.8 Å². The largest absolute Gasteiger partial charge is 0.388 e. The minimum atomic E-state index is 1.03. The maximum absolute atomic E-state index is 3.34. The number of amidine groups is 1. The number of hydrogen-bond acceptors (Lipinski definition) is 2. The Morgan fingerprint density at radius 3 is 3.00 bits per heavy atom. The molecule has 0 aromatic carbocycles. The number of hydrogen-bond donors (Lipinski definition) is 3. The van der Waals surface area contributed by atoms with Crippen LogP contribution in [0.1, 0.15) is 12.8 Å². The lowest BCUT2D eigenvalue weighted by Gasteiger charge is -1.99. The lowest BCUT2D eigenvalue weighted by Crippen LogP contribution is -2.70. The van der Waals surface area contributed by atoms with Gasteiger partial charge in [0.1, 0.15) is 13.1 Å². The first kappa shape index (κ1) is 6.70. The van der Waals surface area contributed by atoms with E-state index in [4.69, 9.17) is 0 Å².